The molecule has 2 N–H and O–H groups in total. The van der Waals surface area contributed by atoms with Crippen molar-refractivity contribution < 1.29 is 9.52 Å². The van der Waals surface area contributed by atoms with Crippen LogP contribution < -0.4 is 5.32 Å². The normalized spacial score (nSPS) is 19.1. The van der Waals surface area contributed by atoms with Crippen molar-refractivity contribution in [3.63, 3.8) is 0 Å². The van der Waals surface area contributed by atoms with Gasteiger partial charge in [-0.1, -0.05) is 35.3 Å². The predicted octanol–water partition coefficient (Wildman–Crippen LogP) is 4.61. The first kappa shape index (κ1) is 19.2. The third-order valence-electron chi connectivity index (χ3n) is 4.67. The molecule has 28 heavy (non-hydrogen) atoms. The number of thiocarbonyl (C=S) groups is 1. The number of aromatic nitrogens is 1. The van der Waals surface area contributed by atoms with Crippen LogP contribution in [0.15, 0.2) is 59.1 Å². The predicted molar refractivity (Wildman–Crippen MR) is 113 cm³/mol. The van der Waals surface area contributed by atoms with Gasteiger partial charge in [0.05, 0.1) is 28.4 Å². The van der Waals surface area contributed by atoms with Crippen LogP contribution in [0.25, 0.3) is 11.3 Å². The molecule has 0 saturated carbocycles. The maximum absolute atomic E-state index is 9.51. The maximum atomic E-state index is 9.51. The summed E-state index contributed by atoms with van der Waals surface area (Å²) in [7, 11) is 0. The number of aliphatic hydroxyl groups excluding tert-OH is 1. The van der Waals surface area contributed by atoms with Gasteiger partial charge in [-0.05, 0) is 48.6 Å². The van der Waals surface area contributed by atoms with Crippen LogP contribution in [0.1, 0.15) is 23.5 Å². The number of furan rings is 1. The lowest BCUT2D eigenvalue weighted by Crippen LogP contribution is -2.32. The maximum Gasteiger partial charge on any atom is 0.170 e. The Morgan fingerprint density at radius 2 is 2.00 bits per heavy atom. The number of β-amino-alcohol motifs (C(OH)–C–C–N with tert-alkyl or cyclic N) is 1. The monoisotopic (exact) mass is 433 g/mol. The van der Waals surface area contributed by atoms with E-state index >= 15 is 0 Å². The first-order valence-electron chi connectivity index (χ1n) is 8.73. The molecule has 1 aliphatic rings. The molecule has 3 heterocycles. The molecule has 2 aromatic heterocycles. The number of nitrogens with zero attached hydrogens (tertiary/aromatic N) is 2. The van der Waals surface area contributed by atoms with E-state index in [0.717, 1.165) is 11.3 Å². The highest BCUT2D eigenvalue weighted by Gasteiger charge is 2.41. The van der Waals surface area contributed by atoms with Crippen molar-refractivity contribution in [2.24, 2.45) is 0 Å². The van der Waals surface area contributed by atoms with Crippen LogP contribution in [0.5, 0.6) is 0 Å². The minimum absolute atomic E-state index is 0.0268. The minimum atomic E-state index is -0.249. The van der Waals surface area contributed by atoms with Crippen LogP contribution in [-0.4, -0.2) is 33.3 Å². The molecule has 1 fully saturated rings. The molecule has 0 aliphatic carbocycles. The molecule has 1 saturated heterocycles. The molecule has 1 aliphatic heterocycles. The van der Waals surface area contributed by atoms with Gasteiger partial charge in [0.2, 0.25) is 0 Å². The molecular weight excluding hydrogens is 417 g/mol. The van der Waals surface area contributed by atoms with Crippen LogP contribution in [0.4, 0.5) is 0 Å². The zero-order valence-electron chi connectivity index (χ0n) is 14.7. The number of rotatable bonds is 5. The molecule has 2 atom stereocenters. The van der Waals surface area contributed by atoms with Crippen LogP contribution in [-0.2, 0) is 0 Å². The van der Waals surface area contributed by atoms with E-state index in [9.17, 15) is 5.11 Å². The highest BCUT2D eigenvalue weighted by atomic mass is 35.5. The van der Waals surface area contributed by atoms with Crippen LogP contribution in [0, 0.1) is 0 Å². The molecule has 1 aromatic carbocycles. The fourth-order valence-electron chi connectivity index (χ4n) is 3.41. The average molecular weight is 434 g/mol. The van der Waals surface area contributed by atoms with Crippen molar-refractivity contribution in [2.45, 2.75) is 12.1 Å². The Morgan fingerprint density at radius 3 is 2.75 bits per heavy atom. The summed E-state index contributed by atoms with van der Waals surface area (Å²) in [6.07, 6.45) is 1.74. The van der Waals surface area contributed by atoms with Gasteiger partial charge in [-0.3, -0.25) is 4.98 Å². The van der Waals surface area contributed by atoms with E-state index in [-0.39, 0.29) is 18.7 Å². The second kappa shape index (κ2) is 8.09. The lowest BCUT2D eigenvalue weighted by Gasteiger charge is -2.25. The Bertz CT molecular complexity index is 996. The Hall–Kier alpha value is -2.12. The first-order valence-corrected chi connectivity index (χ1v) is 9.89. The molecule has 3 aromatic rings. The third-order valence-corrected chi connectivity index (χ3v) is 5.85. The van der Waals surface area contributed by atoms with Gasteiger partial charge in [0.15, 0.2) is 5.11 Å². The van der Waals surface area contributed by atoms with Gasteiger partial charge in [-0.25, -0.2) is 0 Å². The number of halogens is 2. The van der Waals surface area contributed by atoms with Gasteiger partial charge >= 0.3 is 0 Å². The summed E-state index contributed by atoms with van der Waals surface area (Å²) in [5.74, 6) is 1.31. The van der Waals surface area contributed by atoms with Crippen molar-refractivity contribution in [1.82, 2.24) is 15.2 Å². The summed E-state index contributed by atoms with van der Waals surface area (Å²) in [4.78, 5) is 6.38. The minimum Gasteiger partial charge on any atom is -0.459 e. The van der Waals surface area contributed by atoms with Crippen molar-refractivity contribution in [3.05, 3.63) is 76.2 Å². The van der Waals surface area contributed by atoms with E-state index in [1.54, 1.807) is 12.3 Å². The molecule has 144 valence electrons. The molecule has 0 bridgehead atoms. The van der Waals surface area contributed by atoms with E-state index < -0.39 is 0 Å². The molecule has 0 radical (unpaired) electrons. The Morgan fingerprint density at radius 1 is 1.14 bits per heavy atom. The largest absolute Gasteiger partial charge is 0.459 e. The quantitative estimate of drug-likeness (QED) is 0.572. The van der Waals surface area contributed by atoms with Gasteiger partial charge in [-0.2, -0.15) is 0 Å². The summed E-state index contributed by atoms with van der Waals surface area (Å²) in [5.41, 5.74) is 1.56. The van der Waals surface area contributed by atoms with E-state index in [4.69, 9.17) is 39.8 Å². The number of pyridine rings is 1. The highest BCUT2D eigenvalue weighted by molar-refractivity contribution is 7.80. The van der Waals surface area contributed by atoms with Crippen molar-refractivity contribution in [1.29, 1.82) is 0 Å². The molecule has 0 spiro atoms. The van der Waals surface area contributed by atoms with Crippen molar-refractivity contribution in [2.75, 3.05) is 13.2 Å². The molecule has 8 heteroatoms. The van der Waals surface area contributed by atoms with Gasteiger partial charge in [0.1, 0.15) is 17.6 Å². The highest BCUT2D eigenvalue weighted by Crippen LogP contribution is 2.41. The number of hydrogen-bond acceptors (Lipinski definition) is 4. The fraction of sp³-hybridized carbons (Fsp3) is 0.200. The second-order valence-electron chi connectivity index (χ2n) is 6.35. The number of aliphatic hydroxyl groups is 1. The number of hydrogen-bond donors (Lipinski definition) is 2. The fourth-order valence-corrected chi connectivity index (χ4v) is 4.14. The van der Waals surface area contributed by atoms with Crippen LogP contribution in [0.2, 0.25) is 10.0 Å². The smallest absolute Gasteiger partial charge is 0.170 e. The number of nitrogens with one attached hydrogen (secondary N) is 1. The molecule has 5 nitrogen and oxygen atoms in total. The Labute approximate surface area is 177 Å². The topological polar surface area (TPSA) is 61.5 Å². The third kappa shape index (κ3) is 3.49. The Balaban J connectivity index is 1.75. The van der Waals surface area contributed by atoms with E-state index in [2.05, 4.69) is 10.3 Å². The summed E-state index contributed by atoms with van der Waals surface area (Å²) in [6.45, 7) is 0.356. The summed E-state index contributed by atoms with van der Waals surface area (Å²) < 4.78 is 6.17. The molecule has 0 amide bonds. The lowest BCUT2D eigenvalue weighted by atomic mass is 10.0. The second-order valence-corrected chi connectivity index (χ2v) is 7.52. The van der Waals surface area contributed by atoms with Gasteiger partial charge in [-0.15, -0.1) is 0 Å². The van der Waals surface area contributed by atoms with E-state index in [1.165, 1.54) is 0 Å². The van der Waals surface area contributed by atoms with E-state index in [0.29, 0.717) is 33.2 Å². The van der Waals surface area contributed by atoms with Crippen LogP contribution in [0.3, 0.4) is 0 Å². The summed E-state index contributed by atoms with van der Waals surface area (Å²) in [5, 5.41) is 14.3. The molecule has 4 rings (SSSR count). The SMILES string of the molecule is OCCN1C(=S)N[C@H](c2ccccn2)[C@@H]1c1ccc(-c2cccc(Cl)c2Cl)o1. The first-order chi connectivity index (χ1) is 13.6. The summed E-state index contributed by atoms with van der Waals surface area (Å²) in [6, 6.07) is 14.5. The lowest BCUT2D eigenvalue weighted by molar-refractivity contribution is 0.209. The van der Waals surface area contributed by atoms with Gasteiger partial charge in [0.25, 0.3) is 0 Å². The average Bonchev–Trinajstić information content (AvgIpc) is 3.30. The van der Waals surface area contributed by atoms with E-state index in [1.807, 2.05) is 47.4 Å². The standard InChI is InChI=1S/C20H17Cl2N3O2S/c21-13-5-3-4-12(17(13)22)15-7-8-16(27-15)19-18(14-6-1-2-9-23-14)24-20(28)25(19)10-11-26/h1-9,18-19,26H,10-11H2,(H,24,28)/t18-,19+/m1/s1. The van der Waals surface area contributed by atoms with Gasteiger partial charge in [0, 0.05) is 18.3 Å². The van der Waals surface area contributed by atoms with Gasteiger partial charge < -0.3 is 19.7 Å². The van der Waals surface area contributed by atoms with Crippen molar-refractivity contribution in [3.8, 4) is 11.3 Å². The molecule has 0 unspecified atom stereocenters. The summed E-state index contributed by atoms with van der Waals surface area (Å²) >= 11 is 18.0. The Kier molecular flexibility index (Phi) is 5.55. The van der Waals surface area contributed by atoms with Crippen LogP contribution >= 0.6 is 35.4 Å². The molecular formula is C20H17Cl2N3O2S. The number of benzene rings is 1. The zero-order valence-corrected chi connectivity index (χ0v) is 17.0. The zero-order chi connectivity index (χ0) is 19.7. The van der Waals surface area contributed by atoms with Crippen molar-refractivity contribution >= 4 is 40.5 Å².